The van der Waals surface area contributed by atoms with E-state index < -0.39 is 22.5 Å². The first kappa shape index (κ1) is 17.1. The molecule has 1 atom stereocenters. The van der Waals surface area contributed by atoms with Gasteiger partial charge in [0.25, 0.3) is 5.09 Å². The van der Waals surface area contributed by atoms with Crippen molar-refractivity contribution in [1.29, 1.82) is 0 Å². The fraction of sp³-hybridized carbons (Fsp3) is 0.800. The monoisotopic (exact) mass is 277 g/mol. The van der Waals surface area contributed by atoms with Gasteiger partial charge in [-0.2, -0.15) is 0 Å². The van der Waals surface area contributed by atoms with Gasteiger partial charge in [0.1, 0.15) is 12.6 Å². The Hall–Kier alpha value is -1.90. The Kier molecular flexibility index (Phi) is 6.76. The highest BCUT2D eigenvalue weighted by atomic mass is 16.9. The van der Waals surface area contributed by atoms with Crippen LogP contribution in [0.3, 0.4) is 0 Å². The van der Waals surface area contributed by atoms with E-state index in [-0.39, 0.29) is 31.9 Å². The average Bonchev–Trinajstić information content (AvgIpc) is 2.31. The Morgan fingerprint density at radius 2 is 2.11 bits per heavy atom. The molecule has 0 radical (unpaired) electrons. The van der Waals surface area contributed by atoms with Crippen LogP contribution in [-0.2, 0) is 14.4 Å². The van der Waals surface area contributed by atoms with Crippen LogP contribution < -0.4 is 11.1 Å². The topological polar surface area (TPSA) is 145 Å². The molecule has 0 saturated heterocycles. The molecule has 1 amide bonds. The quantitative estimate of drug-likeness (QED) is 0.381. The molecule has 0 aromatic heterocycles. The van der Waals surface area contributed by atoms with Gasteiger partial charge in [-0.05, 0) is 6.42 Å². The summed E-state index contributed by atoms with van der Waals surface area (Å²) in [5, 5.41) is 20.2. The van der Waals surface area contributed by atoms with E-state index in [0.717, 1.165) is 0 Å². The Bertz CT molecular complexity index is 344. The van der Waals surface area contributed by atoms with Crippen molar-refractivity contribution in [1.82, 2.24) is 5.32 Å². The lowest BCUT2D eigenvalue weighted by Crippen LogP contribution is -2.38. The van der Waals surface area contributed by atoms with Crippen LogP contribution in [0, 0.1) is 15.5 Å². The molecule has 0 rings (SSSR count). The molecular weight excluding hydrogens is 258 g/mol. The van der Waals surface area contributed by atoms with Crippen molar-refractivity contribution in [2.24, 2.45) is 11.1 Å². The van der Waals surface area contributed by atoms with Gasteiger partial charge in [0, 0.05) is 18.4 Å². The molecule has 9 nitrogen and oxygen atoms in total. The number of carboxylic acids is 1. The number of nitrogens with one attached hydrogen (secondary N) is 1. The summed E-state index contributed by atoms with van der Waals surface area (Å²) in [6.45, 7) is 3.43. The molecule has 4 N–H and O–H groups in total. The van der Waals surface area contributed by atoms with Gasteiger partial charge < -0.3 is 21.0 Å². The predicted octanol–water partition coefficient (Wildman–Crippen LogP) is -0.471. The number of carboxylic acid groups (broad SMARTS) is 1. The molecule has 0 spiro atoms. The molecule has 110 valence electrons. The Balaban J connectivity index is 3.94. The smallest absolute Gasteiger partial charge is 0.320 e. The zero-order valence-electron chi connectivity index (χ0n) is 10.9. The highest BCUT2D eigenvalue weighted by molar-refractivity contribution is 5.78. The minimum absolute atomic E-state index is 0.0142. The summed E-state index contributed by atoms with van der Waals surface area (Å²) in [6, 6.07) is -1.07. The number of nitrogens with two attached hydrogens (primary N) is 1. The van der Waals surface area contributed by atoms with E-state index in [1.54, 1.807) is 13.8 Å². The van der Waals surface area contributed by atoms with Crippen molar-refractivity contribution in [2.45, 2.75) is 32.7 Å². The highest BCUT2D eigenvalue weighted by Gasteiger charge is 2.21. The molecule has 0 unspecified atom stereocenters. The fourth-order valence-electron chi connectivity index (χ4n) is 1.11. The van der Waals surface area contributed by atoms with Crippen LogP contribution in [0.1, 0.15) is 26.7 Å². The standard InChI is InChI=1S/C10H19N3O6/c1-10(2,6-19-13(17)18)5-12-8(14)4-3-7(11)9(15)16/h7H,3-6,11H2,1-2H3,(H,12,14)(H,15,16)/t7-/m0/s1. The number of amides is 1. The third-order valence-electron chi connectivity index (χ3n) is 2.32. The number of rotatable bonds is 9. The van der Waals surface area contributed by atoms with Gasteiger partial charge in [0.15, 0.2) is 0 Å². The molecule has 0 aromatic rings. The highest BCUT2D eigenvalue weighted by Crippen LogP contribution is 2.14. The van der Waals surface area contributed by atoms with E-state index in [0.29, 0.717) is 0 Å². The molecule has 9 heteroatoms. The molecule has 0 bridgehead atoms. The van der Waals surface area contributed by atoms with E-state index in [1.165, 1.54) is 0 Å². The molecule has 0 aliphatic rings. The number of hydrogen-bond donors (Lipinski definition) is 3. The second-order valence-electron chi connectivity index (χ2n) is 4.92. The largest absolute Gasteiger partial charge is 0.480 e. The van der Waals surface area contributed by atoms with Crippen LogP contribution in [0.15, 0.2) is 0 Å². The van der Waals surface area contributed by atoms with Crippen molar-refractivity contribution >= 4 is 11.9 Å². The number of hydrogen-bond acceptors (Lipinski definition) is 6. The minimum Gasteiger partial charge on any atom is -0.480 e. The van der Waals surface area contributed by atoms with Gasteiger partial charge in [0.2, 0.25) is 5.91 Å². The van der Waals surface area contributed by atoms with Crippen LogP contribution in [0.2, 0.25) is 0 Å². The van der Waals surface area contributed by atoms with Crippen LogP contribution in [0.25, 0.3) is 0 Å². The zero-order chi connectivity index (χ0) is 15.1. The van der Waals surface area contributed by atoms with Gasteiger partial charge in [-0.1, -0.05) is 13.8 Å². The van der Waals surface area contributed by atoms with Gasteiger partial charge in [-0.25, -0.2) is 0 Å². The Morgan fingerprint density at radius 1 is 1.53 bits per heavy atom. The predicted molar refractivity (Wildman–Crippen MR) is 64.6 cm³/mol. The van der Waals surface area contributed by atoms with Crippen LogP contribution in [-0.4, -0.2) is 41.3 Å². The summed E-state index contributed by atoms with van der Waals surface area (Å²) in [5.74, 6) is -1.52. The van der Waals surface area contributed by atoms with Gasteiger partial charge in [-0.15, -0.1) is 10.1 Å². The van der Waals surface area contributed by atoms with E-state index in [9.17, 15) is 19.7 Å². The van der Waals surface area contributed by atoms with E-state index in [2.05, 4.69) is 10.2 Å². The first-order chi connectivity index (χ1) is 8.64. The molecule has 0 aromatic carbocycles. The summed E-state index contributed by atoms with van der Waals surface area (Å²) < 4.78 is 0. The maximum Gasteiger partial charge on any atom is 0.320 e. The van der Waals surface area contributed by atoms with E-state index >= 15 is 0 Å². The summed E-state index contributed by atoms with van der Waals surface area (Å²) in [4.78, 5) is 36.2. The SMILES string of the molecule is CC(C)(CNC(=O)CC[C@H](N)C(=O)O)CO[N+](=O)[O-]. The number of nitrogens with zero attached hydrogens (tertiary/aromatic N) is 1. The van der Waals surface area contributed by atoms with Crippen molar-refractivity contribution in [2.75, 3.05) is 13.2 Å². The van der Waals surface area contributed by atoms with Gasteiger partial charge in [-0.3, -0.25) is 9.59 Å². The molecule has 0 saturated carbocycles. The third kappa shape index (κ3) is 8.77. The van der Waals surface area contributed by atoms with Crippen LogP contribution >= 0.6 is 0 Å². The van der Waals surface area contributed by atoms with E-state index in [1.807, 2.05) is 0 Å². The van der Waals surface area contributed by atoms with Crippen molar-refractivity contribution in [3.05, 3.63) is 10.1 Å². The molecule has 0 aliphatic heterocycles. The normalized spacial score (nSPS) is 12.6. The Morgan fingerprint density at radius 3 is 2.58 bits per heavy atom. The van der Waals surface area contributed by atoms with Gasteiger partial charge >= 0.3 is 5.97 Å². The molecular formula is C10H19N3O6. The molecule has 0 heterocycles. The summed E-state index contributed by atoms with van der Waals surface area (Å²) in [7, 11) is 0. The average molecular weight is 277 g/mol. The third-order valence-corrected chi connectivity index (χ3v) is 2.32. The lowest BCUT2D eigenvalue weighted by molar-refractivity contribution is -0.760. The first-order valence-electron chi connectivity index (χ1n) is 5.66. The number of aliphatic carboxylic acids is 1. The summed E-state index contributed by atoms with van der Waals surface area (Å²) >= 11 is 0. The van der Waals surface area contributed by atoms with Crippen molar-refractivity contribution in [3.8, 4) is 0 Å². The maximum atomic E-state index is 11.4. The van der Waals surface area contributed by atoms with E-state index in [4.69, 9.17) is 10.8 Å². The number of carbonyl (C=O) groups is 2. The molecule has 0 fully saturated rings. The second-order valence-corrected chi connectivity index (χ2v) is 4.92. The lowest BCUT2D eigenvalue weighted by atomic mass is 9.95. The lowest BCUT2D eigenvalue weighted by Gasteiger charge is -2.23. The van der Waals surface area contributed by atoms with Crippen molar-refractivity contribution in [3.63, 3.8) is 0 Å². The summed E-state index contributed by atoms with van der Waals surface area (Å²) in [6.07, 6.45) is 0.0205. The Labute approximate surface area is 110 Å². The van der Waals surface area contributed by atoms with Crippen LogP contribution in [0.5, 0.6) is 0 Å². The molecule has 0 aliphatic carbocycles. The zero-order valence-corrected chi connectivity index (χ0v) is 10.9. The maximum absolute atomic E-state index is 11.4. The minimum atomic E-state index is -1.16. The van der Waals surface area contributed by atoms with Crippen LogP contribution in [0.4, 0.5) is 0 Å². The van der Waals surface area contributed by atoms with Crippen molar-refractivity contribution < 1.29 is 24.6 Å². The molecule has 19 heavy (non-hydrogen) atoms. The van der Waals surface area contributed by atoms with Gasteiger partial charge in [0.05, 0.1) is 0 Å². The summed E-state index contributed by atoms with van der Waals surface area (Å²) in [5.41, 5.74) is 4.65. The second kappa shape index (κ2) is 7.52. The number of carbonyl (C=O) groups excluding carboxylic acids is 1. The fourth-order valence-corrected chi connectivity index (χ4v) is 1.11. The first-order valence-corrected chi connectivity index (χ1v) is 5.66.